The molecular weight excluding hydrogens is 838 g/mol. The van der Waals surface area contributed by atoms with E-state index in [2.05, 4.69) is 5.32 Å². The molecule has 0 aromatic heterocycles. The van der Waals surface area contributed by atoms with E-state index >= 15 is 0 Å². The van der Waals surface area contributed by atoms with Crippen LogP contribution in [0.25, 0.3) is 33.3 Å². The Morgan fingerprint density at radius 3 is 2.48 bits per heavy atom. The third-order valence-corrected chi connectivity index (χ3v) is 12.4. The lowest BCUT2D eigenvalue weighted by atomic mass is 9.86. The molecule has 6 aliphatic rings. The van der Waals surface area contributed by atoms with Gasteiger partial charge in [0.2, 0.25) is 5.43 Å². The van der Waals surface area contributed by atoms with Gasteiger partial charge in [-0.05, 0) is 40.1 Å². The minimum absolute atomic E-state index is 0.0521. The van der Waals surface area contributed by atoms with Crippen molar-refractivity contribution in [1.29, 1.82) is 0 Å². The fourth-order valence-corrected chi connectivity index (χ4v) is 8.65. The molecule has 0 unspecified atom stereocenters. The molecule has 9 atom stereocenters. The van der Waals surface area contributed by atoms with E-state index in [1.165, 1.54) is 52.4 Å². The van der Waals surface area contributed by atoms with Crippen LogP contribution in [0.1, 0.15) is 57.5 Å². The summed E-state index contributed by atoms with van der Waals surface area (Å²) < 4.78 is 42.7. The Hall–Kier alpha value is -5.52. The minimum Gasteiger partial charge on any atom is -0.507 e. The molecule has 336 valence electrons. The number of carbonyl (C=O) groups is 3. The van der Waals surface area contributed by atoms with Gasteiger partial charge in [0.1, 0.15) is 53.0 Å². The first-order chi connectivity index (χ1) is 29.8. The summed E-state index contributed by atoms with van der Waals surface area (Å²) in [6.45, 7) is 12.1. The van der Waals surface area contributed by atoms with E-state index in [1.807, 2.05) is 38.9 Å². The van der Waals surface area contributed by atoms with Crippen LogP contribution in [0.5, 0.6) is 17.2 Å². The second kappa shape index (κ2) is 17.6. The topological polar surface area (TPSA) is 205 Å². The molecule has 1 fully saturated rings. The molecule has 5 aliphatic heterocycles. The molecule has 0 radical (unpaired) electrons. The lowest BCUT2D eigenvalue weighted by molar-refractivity contribution is -0.168. The van der Waals surface area contributed by atoms with E-state index in [1.54, 1.807) is 26.0 Å². The van der Waals surface area contributed by atoms with Crippen LogP contribution >= 0.6 is 11.6 Å². The van der Waals surface area contributed by atoms with Crippen molar-refractivity contribution in [3.63, 3.8) is 0 Å². The molecule has 1 aliphatic carbocycles. The Bertz CT molecular complexity index is 2620. The maximum atomic E-state index is 14.7. The highest BCUT2D eigenvalue weighted by Crippen LogP contribution is 2.51. The number of carbonyl (C=O) groups excluding carboxylic acids is 3. The summed E-state index contributed by atoms with van der Waals surface area (Å²) in [5.74, 6) is -5.85. The summed E-state index contributed by atoms with van der Waals surface area (Å²) >= 11 is 6.67. The number of aromatic nitrogens is 1. The number of likely N-dealkylation sites (N-methyl/N-ethyl adjacent to an activating group) is 1. The van der Waals surface area contributed by atoms with E-state index in [0.29, 0.717) is 13.2 Å². The average Bonchev–Trinajstić information content (AvgIpc) is 3.67. The Kier molecular flexibility index (Phi) is 12.7. The SMILES string of the molecule is CO[C@H]1/C=C/O[C@@]2(C)Oc3c(C)c(O)c4c(=O)c(c5oc6cc(OCCN(C)C)c(Cl)cc6nc-5c4c3C2=O)NC(=O)/C(C)=C\C=C\[C@H](C)[C@@H]2O[C@H]([C@H](O)[C@@H]2C)[C@H](OC(C)=O)[C@@H]1C. The number of fused-ring (bicyclic) bond motifs is 9. The number of nitrogens with one attached hydrogen (secondary N) is 1. The number of anilines is 1. The van der Waals surface area contributed by atoms with E-state index in [0.717, 1.165) is 0 Å². The van der Waals surface area contributed by atoms with E-state index in [-0.39, 0.29) is 78.2 Å². The van der Waals surface area contributed by atoms with Crippen LogP contribution in [-0.4, -0.2) is 108 Å². The quantitative estimate of drug-likeness (QED) is 0.110. The number of hydrogen-bond acceptors (Lipinski definition) is 15. The van der Waals surface area contributed by atoms with Crippen molar-refractivity contribution in [2.24, 2.45) is 17.8 Å². The number of ether oxygens (including phenoxy) is 6. The molecule has 63 heavy (non-hydrogen) atoms. The highest BCUT2D eigenvalue weighted by molar-refractivity contribution is 6.32. The number of phenols is 1. The molecule has 2 aromatic carbocycles. The molecule has 1 saturated heterocycles. The smallest absolute Gasteiger partial charge is 0.312 e. The Morgan fingerprint density at radius 1 is 1.06 bits per heavy atom. The first kappa shape index (κ1) is 45.5. The number of esters is 1. The number of amides is 1. The molecule has 0 spiro atoms. The van der Waals surface area contributed by atoms with Gasteiger partial charge < -0.3 is 53.3 Å². The number of phenolic OH excluding ortho intramolecular Hbond substituents is 1. The number of Topliss-reactive ketones (excluding diaryl/α,β-unsaturated/α-hetero) is 1. The first-order valence-electron chi connectivity index (χ1n) is 20.6. The number of ketones is 1. The highest BCUT2D eigenvalue weighted by Gasteiger charge is 2.51. The number of aliphatic hydroxyl groups is 1. The monoisotopic (exact) mass is 889 g/mol. The van der Waals surface area contributed by atoms with Crippen molar-refractivity contribution >= 4 is 56.8 Å². The predicted octanol–water partition coefficient (Wildman–Crippen LogP) is 6.31. The molecule has 16 nitrogen and oxygen atoms in total. The van der Waals surface area contributed by atoms with Crippen molar-refractivity contribution in [3.8, 4) is 28.7 Å². The predicted molar refractivity (Wildman–Crippen MR) is 233 cm³/mol. The molecule has 3 N–H and O–H groups in total. The molecule has 7 bridgehead atoms. The highest BCUT2D eigenvalue weighted by atomic mass is 35.5. The molecule has 17 heteroatoms. The van der Waals surface area contributed by atoms with Gasteiger partial charge in [-0.25, -0.2) is 4.98 Å². The van der Waals surface area contributed by atoms with Gasteiger partial charge >= 0.3 is 11.8 Å². The minimum atomic E-state index is -2.05. The van der Waals surface area contributed by atoms with Gasteiger partial charge in [-0.2, -0.15) is 0 Å². The number of hydrogen-bond donors (Lipinski definition) is 3. The van der Waals surface area contributed by atoms with Gasteiger partial charge in [0.15, 0.2) is 11.3 Å². The van der Waals surface area contributed by atoms with Gasteiger partial charge in [-0.3, -0.25) is 19.2 Å². The maximum Gasteiger partial charge on any atom is 0.312 e. The lowest BCUT2D eigenvalue weighted by Gasteiger charge is -2.33. The van der Waals surface area contributed by atoms with Gasteiger partial charge in [-0.1, -0.05) is 50.6 Å². The number of benzene rings is 3. The summed E-state index contributed by atoms with van der Waals surface area (Å²) in [4.78, 5) is 62.7. The van der Waals surface area contributed by atoms with E-state index < -0.39 is 77.0 Å². The van der Waals surface area contributed by atoms with Gasteiger partial charge in [0.25, 0.3) is 11.7 Å². The van der Waals surface area contributed by atoms with Crippen LogP contribution < -0.4 is 20.2 Å². The van der Waals surface area contributed by atoms with Crippen molar-refractivity contribution in [3.05, 3.63) is 74.6 Å². The number of allylic oxidation sites excluding steroid dienone is 2. The van der Waals surface area contributed by atoms with Crippen molar-refractivity contribution in [2.75, 3.05) is 39.7 Å². The van der Waals surface area contributed by atoms with Crippen LogP contribution in [0, 0.1) is 24.7 Å². The van der Waals surface area contributed by atoms with E-state index in [9.17, 15) is 29.4 Å². The summed E-state index contributed by atoms with van der Waals surface area (Å²) in [7, 11) is 5.24. The average molecular weight is 890 g/mol. The molecule has 8 rings (SSSR count). The van der Waals surface area contributed by atoms with E-state index in [4.69, 9.17) is 49.4 Å². The summed E-state index contributed by atoms with van der Waals surface area (Å²) in [5, 5.41) is 25.8. The van der Waals surface area contributed by atoms with Crippen molar-refractivity contribution in [2.45, 2.75) is 84.8 Å². The number of methoxy groups -OCH3 is 1. The third-order valence-electron chi connectivity index (χ3n) is 12.1. The number of halogens is 1. The zero-order valence-corrected chi connectivity index (χ0v) is 37.5. The van der Waals surface area contributed by atoms with Gasteiger partial charge in [0, 0.05) is 67.8 Å². The number of aliphatic hydroxyl groups excluding tert-OH is 1. The standard InChI is InChI=1S/C46H52ClN3O13/c1-20-12-11-13-21(2)45(56)49-35-38(54)32-31(34-42(35)61-30-19-29(58-17-15-50(8)9)26(47)18-27(30)48-34)33-40(23(4)36(32)52)63-46(7,44(33)55)59-16-14-28(57-10)22(3)41(60-25(6)51)43-37(53)24(5)39(20)62-43/h11-14,16,18-20,22,24,28,37,39,41,43,52-53H,15,17H2,1-10H3,(H,49,56)/b12-11+,16-14+,21-13-/t20-,22+,24-,28-,37+,39-,41+,43+,46-/m0/s1. The normalized spacial score (nSPS) is 29.5. The second-order valence-electron chi connectivity index (χ2n) is 16.8. The van der Waals surface area contributed by atoms with Gasteiger partial charge in [-0.15, -0.1) is 0 Å². The zero-order chi connectivity index (χ0) is 45.8. The summed E-state index contributed by atoms with van der Waals surface area (Å²) in [6, 6.07) is 3.04. The Balaban J connectivity index is 1.44. The molecule has 5 heterocycles. The lowest BCUT2D eigenvalue weighted by Crippen LogP contribution is -2.46. The van der Waals surface area contributed by atoms with Crippen molar-refractivity contribution < 1.29 is 57.4 Å². The number of rotatable bonds is 6. The molecule has 2 aromatic rings. The fourth-order valence-electron chi connectivity index (χ4n) is 8.43. The van der Waals surface area contributed by atoms with Crippen LogP contribution in [0.4, 0.5) is 5.69 Å². The number of nitrogens with zero attached hydrogens (tertiary/aromatic N) is 2. The number of aromatic hydroxyl groups is 1. The maximum absolute atomic E-state index is 14.7. The molecule has 1 amide bonds. The Labute approximate surface area is 368 Å². The summed E-state index contributed by atoms with van der Waals surface area (Å²) in [6.07, 6.45) is 3.51. The van der Waals surface area contributed by atoms with Gasteiger partial charge in [0.05, 0.1) is 40.5 Å². The largest absolute Gasteiger partial charge is 0.507 e. The van der Waals surface area contributed by atoms with Crippen molar-refractivity contribution in [1.82, 2.24) is 9.88 Å². The third kappa shape index (κ3) is 8.26. The zero-order valence-electron chi connectivity index (χ0n) is 36.7. The van der Waals surface area contributed by atoms with Crippen LogP contribution in [0.15, 0.2) is 57.5 Å². The van der Waals surface area contributed by atoms with Crippen LogP contribution in [0.3, 0.4) is 0 Å². The van der Waals surface area contributed by atoms with Crippen LogP contribution in [-0.2, 0) is 28.5 Å². The summed E-state index contributed by atoms with van der Waals surface area (Å²) in [5.41, 5.74) is -0.779. The molecular formula is C46H52ClN3O13. The second-order valence-corrected chi connectivity index (χ2v) is 17.3. The first-order valence-corrected chi connectivity index (χ1v) is 21.0. The fraction of sp³-hybridized carbons (Fsp3) is 0.457. The molecule has 0 saturated carbocycles. The Morgan fingerprint density at radius 2 is 1.79 bits per heavy atom. The van der Waals surface area contributed by atoms with Crippen LogP contribution in [0.2, 0.25) is 5.02 Å².